The lowest BCUT2D eigenvalue weighted by molar-refractivity contribution is 0.530. The van der Waals surface area contributed by atoms with Gasteiger partial charge in [0.1, 0.15) is 16.7 Å². The van der Waals surface area contributed by atoms with Gasteiger partial charge in [-0.25, -0.2) is 9.97 Å². The van der Waals surface area contributed by atoms with Crippen LogP contribution in [0.2, 0.25) is 5.15 Å². The zero-order valence-corrected chi connectivity index (χ0v) is 10.4. The molecule has 0 fully saturated rings. The minimum absolute atomic E-state index is 0.501. The predicted molar refractivity (Wildman–Crippen MR) is 65.5 cm³/mol. The number of hydrogen-bond acceptors (Lipinski definition) is 4. The SMILES string of the molecule is Cc1cc(Cl)nc(CSCc2ccco2)n1. The van der Waals surface area contributed by atoms with Gasteiger partial charge in [0.25, 0.3) is 0 Å². The number of aryl methyl sites for hydroxylation is 1. The van der Waals surface area contributed by atoms with E-state index in [0.717, 1.165) is 28.8 Å². The summed E-state index contributed by atoms with van der Waals surface area (Å²) in [6.07, 6.45) is 1.68. The minimum Gasteiger partial charge on any atom is -0.468 e. The van der Waals surface area contributed by atoms with Crippen molar-refractivity contribution in [2.24, 2.45) is 0 Å². The van der Waals surface area contributed by atoms with Crippen LogP contribution in [0.25, 0.3) is 0 Å². The van der Waals surface area contributed by atoms with Crippen LogP contribution >= 0.6 is 23.4 Å². The van der Waals surface area contributed by atoms with E-state index < -0.39 is 0 Å². The van der Waals surface area contributed by atoms with Crippen LogP contribution in [0.15, 0.2) is 28.9 Å². The van der Waals surface area contributed by atoms with Crippen molar-refractivity contribution in [2.45, 2.75) is 18.4 Å². The molecule has 5 heteroatoms. The zero-order valence-electron chi connectivity index (χ0n) is 8.81. The van der Waals surface area contributed by atoms with Crippen LogP contribution in [0.4, 0.5) is 0 Å². The van der Waals surface area contributed by atoms with Gasteiger partial charge in [-0.2, -0.15) is 0 Å². The van der Waals surface area contributed by atoms with Crippen LogP contribution in [0.3, 0.4) is 0 Å². The third kappa shape index (κ3) is 3.25. The van der Waals surface area contributed by atoms with E-state index in [1.807, 2.05) is 19.1 Å². The number of hydrogen-bond donors (Lipinski definition) is 0. The van der Waals surface area contributed by atoms with E-state index in [1.54, 1.807) is 24.1 Å². The van der Waals surface area contributed by atoms with Crippen LogP contribution in [0.5, 0.6) is 0 Å². The van der Waals surface area contributed by atoms with Gasteiger partial charge in [0.15, 0.2) is 0 Å². The van der Waals surface area contributed by atoms with E-state index in [1.165, 1.54) is 0 Å². The molecule has 0 saturated heterocycles. The Bertz CT molecular complexity index is 439. The van der Waals surface area contributed by atoms with Gasteiger partial charge in [0.05, 0.1) is 17.8 Å². The molecular formula is C11H11ClN2OS. The number of rotatable bonds is 4. The third-order valence-electron chi connectivity index (χ3n) is 1.92. The fourth-order valence-electron chi connectivity index (χ4n) is 1.29. The quantitative estimate of drug-likeness (QED) is 0.784. The largest absolute Gasteiger partial charge is 0.468 e. The molecule has 0 spiro atoms. The van der Waals surface area contributed by atoms with Crippen molar-refractivity contribution >= 4 is 23.4 Å². The monoisotopic (exact) mass is 254 g/mol. The molecule has 0 unspecified atom stereocenters. The zero-order chi connectivity index (χ0) is 11.4. The highest BCUT2D eigenvalue weighted by molar-refractivity contribution is 7.97. The summed E-state index contributed by atoms with van der Waals surface area (Å²) in [6, 6.07) is 5.59. The van der Waals surface area contributed by atoms with Crippen molar-refractivity contribution in [3.63, 3.8) is 0 Å². The Balaban J connectivity index is 1.89. The summed E-state index contributed by atoms with van der Waals surface area (Å²) in [4.78, 5) is 8.46. The lowest BCUT2D eigenvalue weighted by Crippen LogP contribution is -1.95. The Labute approximate surface area is 103 Å². The number of halogens is 1. The normalized spacial score (nSPS) is 10.6. The molecule has 0 radical (unpaired) electrons. The summed E-state index contributed by atoms with van der Waals surface area (Å²) >= 11 is 7.55. The summed E-state index contributed by atoms with van der Waals surface area (Å²) < 4.78 is 5.23. The van der Waals surface area contributed by atoms with Gasteiger partial charge in [-0.15, -0.1) is 11.8 Å². The molecule has 0 aromatic carbocycles. The molecular weight excluding hydrogens is 244 g/mol. The van der Waals surface area contributed by atoms with Gasteiger partial charge in [-0.3, -0.25) is 0 Å². The summed E-state index contributed by atoms with van der Waals surface area (Å²) in [5.41, 5.74) is 0.897. The lowest BCUT2D eigenvalue weighted by Gasteiger charge is -2.01. The topological polar surface area (TPSA) is 38.9 Å². The molecule has 0 aliphatic rings. The Hall–Kier alpha value is -1.00. The molecule has 0 saturated carbocycles. The van der Waals surface area contributed by atoms with E-state index in [4.69, 9.17) is 16.0 Å². The standard InChI is InChI=1S/C11H11ClN2OS/c1-8-5-10(12)14-11(13-8)7-16-6-9-3-2-4-15-9/h2-5H,6-7H2,1H3. The summed E-state index contributed by atoms with van der Waals surface area (Å²) in [7, 11) is 0. The molecule has 0 aliphatic carbocycles. The first kappa shape index (κ1) is 11.5. The molecule has 0 bridgehead atoms. The van der Waals surface area contributed by atoms with Gasteiger partial charge < -0.3 is 4.42 Å². The van der Waals surface area contributed by atoms with Gasteiger partial charge in [-0.05, 0) is 25.1 Å². The van der Waals surface area contributed by atoms with Crippen molar-refractivity contribution in [1.29, 1.82) is 0 Å². The van der Waals surface area contributed by atoms with E-state index >= 15 is 0 Å². The van der Waals surface area contributed by atoms with Gasteiger partial charge in [0, 0.05) is 5.69 Å². The summed E-state index contributed by atoms with van der Waals surface area (Å²) in [5.74, 6) is 3.29. The van der Waals surface area contributed by atoms with Crippen molar-refractivity contribution < 1.29 is 4.42 Å². The van der Waals surface area contributed by atoms with E-state index in [-0.39, 0.29) is 0 Å². The van der Waals surface area contributed by atoms with Crippen molar-refractivity contribution in [1.82, 2.24) is 9.97 Å². The average molecular weight is 255 g/mol. The van der Waals surface area contributed by atoms with E-state index in [2.05, 4.69) is 9.97 Å². The smallest absolute Gasteiger partial charge is 0.140 e. The maximum absolute atomic E-state index is 5.85. The molecule has 16 heavy (non-hydrogen) atoms. The second-order valence-electron chi connectivity index (χ2n) is 3.32. The van der Waals surface area contributed by atoms with Gasteiger partial charge in [-0.1, -0.05) is 11.6 Å². The van der Waals surface area contributed by atoms with Crippen molar-refractivity contribution in [2.75, 3.05) is 0 Å². The maximum atomic E-state index is 5.85. The van der Waals surface area contributed by atoms with E-state index in [9.17, 15) is 0 Å². The second kappa shape index (κ2) is 5.37. The minimum atomic E-state index is 0.501. The highest BCUT2D eigenvalue weighted by Gasteiger charge is 2.02. The molecule has 0 N–H and O–H groups in total. The number of nitrogens with zero attached hydrogens (tertiary/aromatic N) is 2. The lowest BCUT2D eigenvalue weighted by atomic mass is 10.4. The van der Waals surface area contributed by atoms with Crippen LogP contribution < -0.4 is 0 Å². The molecule has 0 atom stereocenters. The fraction of sp³-hybridized carbons (Fsp3) is 0.273. The Morgan fingerprint density at radius 1 is 1.38 bits per heavy atom. The third-order valence-corrected chi connectivity index (χ3v) is 3.07. The van der Waals surface area contributed by atoms with Crippen LogP contribution in [0.1, 0.15) is 17.3 Å². The number of furan rings is 1. The first-order valence-corrected chi connectivity index (χ1v) is 6.37. The summed E-state index contributed by atoms with van der Waals surface area (Å²) in [5, 5.41) is 0.501. The fourth-order valence-corrected chi connectivity index (χ4v) is 2.33. The highest BCUT2D eigenvalue weighted by atomic mass is 35.5. The van der Waals surface area contributed by atoms with Crippen LogP contribution in [-0.2, 0) is 11.5 Å². The molecule has 2 heterocycles. The Morgan fingerprint density at radius 3 is 2.94 bits per heavy atom. The number of aromatic nitrogens is 2. The molecule has 2 aromatic heterocycles. The Kier molecular flexibility index (Phi) is 3.85. The Morgan fingerprint density at radius 2 is 2.25 bits per heavy atom. The molecule has 84 valence electrons. The molecule has 0 amide bonds. The average Bonchev–Trinajstić information content (AvgIpc) is 2.69. The van der Waals surface area contributed by atoms with Crippen molar-refractivity contribution in [3.8, 4) is 0 Å². The molecule has 3 nitrogen and oxygen atoms in total. The second-order valence-corrected chi connectivity index (χ2v) is 4.69. The predicted octanol–water partition coefficient (Wildman–Crippen LogP) is 3.46. The first-order valence-electron chi connectivity index (χ1n) is 4.84. The van der Waals surface area contributed by atoms with Gasteiger partial charge >= 0.3 is 0 Å². The molecule has 2 rings (SSSR count). The van der Waals surface area contributed by atoms with Crippen LogP contribution in [0, 0.1) is 6.92 Å². The van der Waals surface area contributed by atoms with Crippen molar-refractivity contribution in [3.05, 3.63) is 46.9 Å². The summed E-state index contributed by atoms with van der Waals surface area (Å²) in [6.45, 7) is 1.91. The molecule has 2 aromatic rings. The number of thioether (sulfide) groups is 1. The van der Waals surface area contributed by atoms with E-state index in [0.29, 0.717) is 5.15 Å². The highest BCUT2D eigenvalue weighted by Crippen LogP contribution is 2.17. The van der Waals surface area contributed by atoms with Gasteiger partial charge in [0.2, 0.25) is 0 Å². The maximum Gasteiger partial charge on any atom is 0.140 e. The van der Waals surface area contributed by atoms with Crippen LogP contribution in [-0.4, -0.2) is 9.97 Å². The molecule has 0 aliphatic heterocycles. The first-order chi connectivity index (χ1) is 7.74.